The summed E-state index contributed by atoms with van der Waals surface area (Å²) < 4.78 is 27.2. The summed E-state index contributed by atoms with van der Waals surface area (Å²) in [6.45, 7) is 3.20. The first-order valence-electron chi connectivity index (χ1n) is 10.4. The van der Waals surface area contributed by atoms with Crippen molar-refractivity contribution >= 4 is 27.1 Å². The summed E-state index contributed by atoms with van der Waals surface area (Å²) >= 11 is 0. The normalized spacial score (nSPS) is 26.0. The third kappa shape index (κ3) is 3.41. The topological polar surface area (TPSA) is 153 Å². The second-order valence-corrected chi connectivity index (χ2v) is 10.8. The maximum absolute atomic E-state index is 12.2. The van der Waals surface area contributed by atoms with Gasteiger partial charge in [-0.1, -0.05) is 6.92 Å². The van der Waals surface area contributed by atoms with E-state index in [4.69, 9.17) is 5.73 Å². The molecule has 0 aromatic carbocycles. The number of nitrogens with zero attached hydrogens (tertiary/aromatic N) is 7. The fraction of sp³-hybridized carbons (Fsp3) is 0.526. The summed E-state index contributed by atoms with van der Waals surface area (Å²) in [5.74, 6) is 0.643. The number of primary amides is 1. The Morgan fingerprint density at radius 1 is 1.31 bits per heavy atom. The minimum Gasteiger partial charge on any atom is -0.380 e. The molecule has 2 fully saturated rings. The molecule has 32 heavy (non-hydrogen) atoms. The van der Waals surface area contributed by atoms with Crippen molar-refractivity contribution in [2.45, 2.75) is 19.4 Å². The number of hydrogen-bond acceptors (Lipinski definition) is 8. The van der Waals surface area contributed by atoms with Crippen LogP contribution in [0.1, 0.15) is 23.7 Å². The van der Waals surface area contributed by atoms with Crippen molar-refractivity contribution < 1.29 is 13.2 Å². The zero-order valence-corrected chi connectivity index (χ0v) is 18.8. The van der Waals surface area contributed by atoms with Gasteiger partial charge in [0.25, 0.3) is 5.91 Å². The van der Waals surface area contributed by atoms with E-state index >= 15 is 0 Å². The molecule has 5 rings (SSSR count). The largest absolute Gasteiger partial charge is 0.380 e. The Labute approximate surface area is 184 Å². The van der Waals surface area contributed by atoms with Crippen LogP contribution in [0.15, 0.2) is 18.5 Å². The van der Waals surface area contributed by atoms with Crippen molar-refractivity contribution in [2.24, 2.45) is 30.5 Å². The average Bonchev–Trinajstić information content (AvgIpc) is 3.46. The van der Waals surface area contributed by atoms with E-state index in [1.165, 1.54) is 17.2 Å². The Morgan fingerprint density at radius 2 is 2.09 bits per heavy atom. The SMILES string of the molecule is C[C@H]1[C@@H]2CN(S(C)(=O)=O)C[C@H]2C[C@H]1Nc1c(C(N)=O)cnn2cc(-c3nnn(C)n3)cc12. The van der Waals surface area contributed by atoms with E-state index < -0.39 is 15.9 Å². The van der Waals surface area contributed by atoms with Gasteiger partial charge in [-0.3, -0.25) is 4.79 Å². The fourth-order valence-electron chi connectivity index (χ4n) is 5.10. The summed E-state index contributed by atoms with van der Waals surface area (Å²) in [6, 6.07) is 1.92. The van der Waals surface area contributed by atoms with E-state index in [1.807, 2.05) is 6.07 Å². The molecule has 4 atom stereocenters. The molecule has 1 aliphatic heterocycles. The molecule has 3 aromatic rings. The monoisotopic (exact) mass is 459 g/mol. The molecule has 0 unspecified atom stereocenters. The third-order valence-electron chi connectivity index (χ3n) is 6.79. The van der Waals surface area contributed by atoms with Gasteiger partial charge in [0, 0.05) is 30.9 Å². The quantitative estimate of drug-likeness (QED) is 0.538. The van der Waals surface area contributed by atoms with Gasteiger partial charge in [-0.25, -0.2) is 17.2 Å². The summed E-state index contributed by atoms with van der Waals surface area (Å²) in [6.07, 6.45) is 5.30. The van der Waals surface area contributed by atoms with Crippen LogP contribution in [-0.2, 0) is 17.1 Å². The number of aryl methyl sites for hydroxylation is 1. The molecule has 0 radical (unpaired) electrons. The molecule has 0 bridgehead atoms. The third-order valence-corrected chi connectivity index (χ3v) is 8.03. The van der Waals surface area contributed by atoms with Crippen molar-refractivity contribution in [3.05, 3.63) is 24.0 Å². The van der Waals surface area contributed by atoms with E-state index in [0.717, 1.165) is 12.0 Å². The lowest BCUT2D eigenvalue weighted by Crippen LogP contribution is -2.33. The van der Waals surface area contributed by atoms with Crippen molar-refractivity contribution in [2.75, 3.05) is 24.7 Å². The van der Waals surface area contributed by atoms with E-state index in [-0.39, 0.29) is 23.8 Å². The van der Waals surface area contributed by atoms with Crippen LogP contribution in [0.4, 0.5) is 5.69 Å². The van der Waals surface area contributed by atoms with Crippen LogP contribution in [-0.4, -0.2) is 73.8 Å². The van der Waals surface area contributed by atoms with Crippen LogP contribution in [0.5, 0.6) is 0 Å². The van der Waals surface area contributed by atoms with Crippen LogP contribution in [0.3, 0.4) is 0 Å². The smallest absolute Gasteiger partial charge is 0.252 e. The van der Waals surface area contributed by atoms with Crippen molar-refractivity contribution in [3.8, 4) is 11.4 Å². The Morgan fingerprint density at radius 3 is 2.72 bits per heavy atom. The number of rotatable bonds is 5. The molecule has 1 saturated heterocycles. The lowest BCUT2D eigenvalue weighted by molar-refractivity contribution is 0.100. The Balaban J connectivity index is 1.48. The van der Waals surface area contributed by atoms with Gasteiger partial charge in [0.2, 0.25) is 15.8 Å². The number of fused-ring (bicyclic) bond motifs is 2. The summed E-state index contributed by atoms with van der Waals surface area (Å²) in [5.41, 5.74) is 7.97. The standard InChI is InChI=1S/C19H25N9O3S/c1-10-14-9-27(32(3,30)31)7-11(14)4-15(10)22-17-13(18(20)29)6-21-28-8-12(5-16(17)28)19-23-25-26(2)24-19/h5-6,8,10-11,14-15,22H,4,7,9H2,1-3H3,(H2,20,29)/t10-,11+,14-,15+/m0/s1. The predicted octanol–water partition coefficient (Wildman–Crippen LogP) is -0.0484. The van der Waals surface area contributed by atoms with Gasteiger partial charge >= 0.3 is 0 Å². The number of nitrogens with one attached hydrogen (secondary N) is 1. The second kappa shape index (κ2) is 7.24. The van der Waals surface area contributed by atoms with Crippen LogP contribution in [0.25, 0.3) is 16.9 Å². The number of carbonyl (C=O) groups is 1. The predicted molar refractivity (Wildman–Crippen MR) is 116 cm³/mol. The molecule has 170 valence electrons. The minimum absolute atomic E-state index is 0.0732. The first-order valence-corrected chi connectivity index (χ1v) is 12.2. The van der Waals surface area contributed by atoms with Crippen LogP contribution in [0, 0.1) is 17.8 Å². The van der Waals surface area contributed by atoms with Crippen LogP contribution >= 0.6 is 0 Å². The number of aromatic nitrogens is 6. The van der Waals surface area contributed by atoms with Gasteiger partial charge in [0.15, 0.2) is 0 Å². The second-order valence-electron chi connectivity index (χ2n) is 8.81. The molecular formula is C19H25N9O3S. The van der Waals surface area contributed by atoms with Crippen molar-refractivity contribution in [3.63, 3.8) is 0 Å². The molecule has 13 heteroatoms. The highest BCUT2D eigenvalue weighted by Crippen LogP contribution is 2.44. The zero-order valence-electron chi connectivity index (χ0n) is 18.0. The fourth-order valence-corrected chi connectivity index (χ4v) is 6.01. The van der Waals surface area contributed by atoms with Gasteiger partial charge in [-0.05, 0) is 35.5 Å². The van der Waals surface area contributed by atoms with Crippen LogP contribution < -0.4 is 11.1 Å². The number of amides is 1. The summed E-state index contributed by atoms with van der Waals surface area (Å²) in [7, 11) is -1.51. The molecule has 1 amide bonds. The molecule has 2 aliphatic rings. The Hall–Kier alpha value is -3.06. The highest BCUT2D eigenvalue weighted by atomic mass is 32.2. The molecule has 4 heterocycles. The van der Waals surface area contributed by atoms with Gasteiger partial charge in [0.05, 0.1) is 36.3 Å². The molecular weight excluding hydrogens is 434 g/mol. The minimum atomic E-state index is -3.19. The molecule has 3 aromatic heterocycles. The number of anilines is 1. The van der Waals surface area contributed by atoms with Gasteiger partial charge < -0.3 is 11.1 Å². The lowest BCUT2D eigenvalue weighted by atomic mass is 9.93. The van der Waals surface area contributed by atoms with Crippen molar-refractivity contribution in [1.29, 1.82) is 0 Å². The number of sulfonamides is 1. The highest BCUT2D eigenvalue weighted by molar-refractivity contribution is 7.88. The molecule has 1 saturated carbocycles. The van der Waals surface area contributed by atoms with E-state index in [2.05, 4.69) is 32.7 Å². The van der Waals surface area contributed by atoms with E-state index in [1.54, 1.807) is 22.1 Å². The molecule has 0 spiro atoms. The molecule has 1 aliphatic carbocycles. The number of hydrogen-bond donors (Lipinski definition) is 2. The number of tetrazole rings is 1. The highest BCUT2D eigenvalue weighted by Gasteiger charge is 2.48. The first-order chi connectivity index (χ1) is 15.1. The average molecular weight is 460 g/mol. The zero-order chi connectivity index (χ0) is 22.8. The van der Waals surface area contributed by atoms with E-state index in [9.17, 15) is 13.2 Å². The van der Waals surface area contributed by atoms with Gasteiger partial charge in [0.1, 0.15) is 0 Å². The molecule has 12 nitrogen and oxygen atoms in total. The maximum Gasteiger partial charge on any atom is 0.252 e. The summed E-state index contributed by atoms with van der Waals surface area (Å²) in [5, 5.41) is 20.0. The van der Waals surface area contributed by atoms with E-state index in [0.29, 0.717) is 35.7 Å². The Kier molecular flexibility index (Phi) is 4.71. The van der Waals surface area contributed by atoms with Crippen molar-refractivity contribution in [1.82, 2.24) is 34.1 Å². The maximum atomic E-state index is 12.2. The summed E-state index contributed by atoms with van der Waals surface area (Å²) in [4.78, 5) is 13.5. The molecule has 3 N–H and O–H groups in total. The van der Waals surface area contributed by atoms with Gasteiger partial charge in [-0.2, -0.15) is 9.90 Å². The number of nitrogens with two attached hydrogens (primary N) is 1. The first kappa shape index (κ1) is 20.8. The van der Waals surface area contributed by atoms with Gasteiger partial charge in [-0.15, -0.1) is 10.2 Å². The Bertz CT molecular complexity index is 1310. The van der Waals surface area contributed by atoms with Crippen LogP contribution in [0.2, 0.25) is 0 Å². The lowest BCUT2D eigenvalue weighted by Gasteiger charge is -2.25. The number of carbonyl (C=O) groups excluding carboxylic acids is 1.